The van der Waals surface area contributed by atoms with Gasteiger partial charge in [0.25, 0.3) is 5.72 Å². The van der Waals surface area contributed by atoms with Crippen LogP contribution in [0.25, 0.3) is 11.1 Å². The number of benzene rings is 3. The zero-order chi connectivity index (χ0) is 29.6. The van der Waals surface area contributed by atoms with Crippen molar-refractivity contribution < 1.29 is 32.6 Å². The van der Waals surface area contributed by atoms with E-state index in [1.807, 2.05) is 25.1 Å². The standard InChI is InChI=1S/C31H33F2N3O5/c1-3-12-31(34,30(39)40-19-35-18-21-7-5-6-20(4-2)13-21)41-25-8-9-27(36-28(37)10-11-29(36)38)26(17-25)22-14-23(32)16-24(33)15-22/h5-9,13-17,35H,3-4,10-12,18-19,34H2,1-2H3/t31-/m0/s1. The van der Waals surface area contributed by atoms with E-state index in [-0.39, 0.29) is 48.6 Å². The SMILES string of the molecule is CCC[C@](N)(Oc1ccc(N2C(=O)CCC2=O)c(-c2cc(F)cc(F)c2)c1)C(=O)OCNCc1cccc(CC)c1. The molecular weight excluding hydrogens is 532 g/mol. The number of hydrogen-bond donors (Lipinski definition) is 2. The van der Waals surface area contributed by atoms with E-state index in [0.717, 1.165) is 29.0 Å². The highest BCUT2D eigenvalue weighted by Crippen LogP contribution is 2.38. The molecule has 1 aliphatic rings. The van der Waals surface area contributed by atoms with Gasteiger partial charge in [0.2, 0.25) is 11.8 Å². The minimum absolute atomic E-state index is 0.0281. The molecule has 1 fully saturated rings. The van der Waals surface area contributed by atoms with Crippen LogP contribution in [0.15, 0.2) is 60.7 Å². The Morgan fingerprint density at radius 1 is 0.976 bits per heavy atom. The fourth-order valence-electron chi connectivity index (χ4n) is 4.73. The minimum Gasteiger partial charge on any atom is -0.462 e. The van der Waals surface area contributed by atoms with Crippen LogP contribution in [0.5, 0.6) is 5.75 Å². The molecule has 0 spiro atoms. The van der Waals surface area contributed by atoms with Gasteiger partial charge in [-0.1, -0.05) is 44.5 Å². The normalized spacial score (nSPS) is 14.7. The molecule has 0 radical (unpaired) electrons. The number of esters is 1. The number of carbonyl (C=O) groups excluding carboxylic acids is 3. The molecule has 1 saturated heterocycles. The number of anilines is 1. The molecule has 0 aliphatic carbocycles. The van der Waals surface area contributed by atoms with Crippen molar-refractivity contribution in [2.75, 3.05) is 11.6 Å². The summed E-state index contributed by atoms with van der Waals surface area (Å²) in [5, 5.41) is 3.06. The number of nitrogens with two attached hydrogens (primary N) is 1. The highest BCUT2D eigenvalue weighted by Gasteiger charge is 2.38. The molecule has 1 atom stereocenters. The third-order valence-corrected chi connectivity index (χ3v) is 6.74. The molecule has 41 heavy (non-hydrogen) atoms. The van der Waals surface area contributed by atoms with E-state index >= 15 is 0 Å². The summed E-state index contributed by atoms with van der Waals surface area (Å²) in [5.74, 6) is -3.26. The van der Waals surface area contributed by atoms with Gasteiger partial charge in [0.1, 0.15) is 24.1 Å². The van der Waals surface area contributed by atoms with Crippen LogP contribution in [-0.4, -0.2) is 30.2 Å². The lowest BCUT2D eigenvalue weighted by Crippen LogP contribution is -2.54. The van der Waals surface area contributed by atoms with Crippen molar-refractivity contribution in [1.29, 1.82) is 0 Å². The zero-order valence-corrected chi connectivity index (χ0v) is 23.0. The van der Waals surface area contributed by atoms with E-state index in [2.05, 4.69) is 18.3 Å². The average molecular weight is 566 g/mol. The van der Waals surface area contributed by atoms with E-state index < -0.39 is 35.1 Å². The third-order valence-electron chi connectivity index (χ3n) is 6.74. The number of carbonyl (C=O) groups is 3. The smallest absolute Gasteiger partial charge is 0.367 e. The van der Waals surface area contributed by atoms with Crippen molar-refractivity contribution in [2.24, 2.45) is 5.73 Å². The molecule has 3 aromatic carbocycles. The van der Waals surface area contributed by atoms with Crippen molar-refractivity contribution >= 4 is 23.5 Å². The molecule has 4 rings (SSSR count). The monoisotopic (exact) mass is 565 g/mol. The van der Waals surface area contributed by atoms with Crippen LogP contribution in [0.1, 0.15) is 50.7 Å². The first-order chi connectivity index (χ1) is 19.6. The first-order valence-corrected chi connectivity index (χ1v) is 13.5. The second-order valence-electron chi connectivity index (χ2n) is 9.88. The Balaban J connectivity index is 1.55. The van der Waals surface area contributed by atoms with Gasteiger partial charge in [-0.2, -0.15) is 0 Å². The third kappa shape index (κ3) is 7.14. The second-order valence-corrected chi connectivity index (χ2v) is 9.88. The van der Waals surface area contributed by atoms with Crippen molar-refractivity contribution in [1.82, 2.24) is 5.32 Å². The Morgan fingerprint density at radius 3 is 2.32 bits per heavy atom. The summed E-state index contributed by atoms with van der Waals surface area (Å²) in [7, 11) is 0. The van der Waals surface area contributed by atoms with E-state index in [1.54, 1.807) is 0 Å². The summed E-state index contributed by atoms with van der Waals surface area (Å²) < 4.78 is 39.6. The maximum Gasteiger partial charge on any atom is 0.367 e. The van der Waals surface area contributed by atoms with Gasteiger partial charge in [0.15, 0.2) is 0 Å². The number of amides is 2. The molecule has 8 nitrogen and oxygen atoms in total. The van der Waals surface area contributed by atoms with Crippen LogP contribution in [0.3, 0.4) is 0 Å². The Kier molecular flexibility index (Phi) is 9.46. The van der Waals surface area contributed by atoms with Crippen LogP contribution in [0.4, 0.5) is 14.5 Å². The Hall–Kier alpha value is -4.15. The maximum atomic E-state index is 14.1. The summed E-state index contributed by atoms with van der Waals surface area (Å²) in [6.07, 6.45) is 1.56. The van der Waals surface area contributed by atoms with Crippen molar-refractivity contribution in [3.05, 3.63) is 83.4 Å². The predicted octanol–water partition coefficient (Wildman–Crippen LogP) is 4.97. The van der Waals surface area contributed by atoms with E-state index in [1.165, 1.54) is 23.8 Å². The van der Waals surface area contributed by atoms with Gasteiger partial charge < -0.3 is 9.47 Å². The Bertz CT molecular complexity index is 1410. The maximum absolute atomic E-state index is 14.1. The van der Waals surface area contributed by atoms with Crippen LogP contribution >= 0.6 is 0 Å². The highest BCUT2D eigenvalue weighted by molar-refractivity contribution is 6.21. The number of nitrogens with one attached hydrogen (secondary N) is 1. The van der Waals surface area contributed by atoms with Gasteiger partial charge in [0.05, 0.1) is 5.69 Å². The summed E-state index contributed by atoms with van der Waals surface area (Å²) >= 11 is 0. The molecule has 0 saturated carbocycles. The lowest BCUT2D eigenvalue weighted by atomic mass is 10.0. The average Bonchev–Trinajstić information content (AvgIpc) is 3.28. The largest absolute Gasteiger partial charge is 0.462 e. The minimum atomic E-state index is -1.87. The number of aryl methyl sites for hydroxylation is 1. The molecule has 10 heteroatoms. The van der Waals surface area contributed by atoms with Crippen LogP contribution in [-0.2, 0) is 32.1 Å². The molecule has 2 amide bonds. The fraction of sp³-hybridized carbons (Fsp3) is 0.323. The molecular formula is C31H33F2N3O5. The van der Waals surface area contributed by atoms with Gasteiger partial charge >= 0.3 is 5.97 Å². The van der Waals surface area contributed by atoms with Gasteiger partial charge in [-0.05, 0) is 53.4 Å². The second kappa shape index (κ2) is 13.0. The number of hydrogen-bond acceptors (Lipinski definition) is 7. The van der Waals surface area contributed by atoms with Crippen molar-refractivity contribution in [3.8, 4) is 16.9 Å². The zero-order valence-electron chi connectivity index (χ0n) is 23.0. The highest BCUT2D eigenvalue weighted by atomic mass is 19.1. The van der Waals surface area contributed by atoms with E-state index in [4.69, 9.17) is 15.2 Å². The quantitative estimate of drug-likeness (QED) is 0.138. The van der Waals surface area contributed by atoms with Gasteiger partial charge in [-0.15, -0.1) is 0 Å². The van der Waals surface area contributed by atoms with Crippen LogP contribution in [0, 0.1) is 11.6 Å². The molecule has 0 aromatic heterocycles. The molecule has 3 N–H and O–H groups in total. The van der Waals surface area contributed by atoms with Gasteiger partial charge in [-0.3, -0.25) is 20.6 Å². The van der Waals surface area contributed by atoms with Gasteiger partial charge in [-0.25, -0.2) is 18.5 Å². The Morgan fingerprint density at radius 2 is 1.66 bits per heavy atom. The molecule has 0 unspecified atom stereocenters. The molecule has 216 valence electrons. The van der Waals surface area contributed by atoms with Crippen molar-refractivity contribution in [2.45, 2.75) is 58.2 Å². The molecule has 1 heterocycles. The van der Waals surface area contributed by atoms with E-state index in [0.29, 0.717) is 19.0 Å². The number of rotatable bonds is 12. The first-order valence-electron chi connectivity index (χ1n) is 13.5. The molecule has 0 bridgehead atoms. The van der Waals surface area contributed by atoms with Crippen LogP contribution < -0.4 is 20.7 Å². The topological polar surface area (TPSA) is 111 Å². The number of nitrogens with zero attached hydrogens (tertiary/aromatic N) is 1. The summed E-state index contributed by atoms with van der Waals surface area (Å²) in [6, 6.07) is 15.2. The number of imide groups is 1. The summed E-state index contributed by atoms with van der Waals surface area (Å²) in [6.45, 7) is 4.27. The lowest BCUT2D eigenvalue weighted by molar-refractivity contribution is -0.163. The summed E-state index contributed by atoms with van der Waals surface area (Å²) in [5.41, 5.74) is 7.14. The van der Waals surface area contributed by atoms with E-state index in [9.17, 15) is 23.2 Å². The lowest BCUT2D eigenvalue weighted by Gasteiger charge is -2.29. The molecule has 3 aromatic rings. The fourth-order valence-corrected chi connectivity index (χ4v) is 4.73. The number of halogens is 2. The Labute approximate surface area is 237 Å². The van der Waals surface area contributed by atoms with Gasteiger partial charge in [0, 0.05) is 37.4 Å². The van der Waals surface area contributed by atoms with Crippen LogP contribution in [0.2, 0.25) is 0 Å². The first kappa shape index (κ1) is 29.8. The molecule has 1 aliphatic heterocycles. The predicted molar refractivity (Wildman–Crippen MR) is 150 cm³/mol. The van der Waals surface area contributed by atoms with Crippen molar-refractivity contribution in [3.63, 3.8) is 0 Å². The summed E-state index contributed by atoms with van der Waals surface area (Å²) in [4.78, 5) is 39.0. The number of ether oxygens (including phenoxy) is 2.